The summed E-state index contributed by atoms with van der Waals surface area (Å²) in [5, 5.41) is 8.03. The molecule has 1 aromatic carbocycles. The highest BCUT2D eigenvalue weighted by molar-refractivity contribution is 14.0. The van der Waals surface area contributed by atoms with Gasteiger partial charge in [-0.1, -0.05) is 38.1 Å². The highest BCUT2D eigenvalue weighted by Crippen LogP contribution is 2.19. The van der Waals surface area contributed by atoms with Gasteiger partial charge in [-0.05, 0) is 30.9 Å². The summed E-state index contributed by atoms with van der Waals surface area (Å²) in [4.78, 5) is 7.04. The third-order valence-electron chi connectivity index (χ3n) is 4.57. The molecule has 0 amide bonds. The molecule has 29 heavy (non-hydrogen) atoms. The molecular weight excluding hydrogens is 477 g/mol. The number of ether oxygens (including phenoxy) is 1. The Morgan fingerprint density at radius 3 is 2.52 bits per heavy atom. The van der Waals surface area contributed by atoms with E-state index >= 15 is 0 Å². The maximum atomic E-state index is 5.60. The number of aryl methyl sites for hydroxylation is 1. The van der Waals surface area contributed by atoms with Crippen molar-refractivity contribution >= 4 is 29.9 Å². The Hall–Kier alpha value is -1.61. The molecule has 0 atom stereocenters. The molecule has 6 nitrogen and oxygen atoms in total. The molecule has 0 radical (unpaired) electrons. The average Bonchev–Trinajstić information content (AvgIpc) is 3.04. The van der Waals surface area contributed by atoms with Crippen LogP contribution in [0.3, 0.4) is 0 Å². The molecule has 0 spiro atoms. The zero-order valence-corrected chi connectivity index (χ0v) is 20.9. The van der Waals surface area contributed by atoms with Crippen LogP contribution < -0.4 is 5.32 Å². The number of aromatic nitrogens is 2. The summed E-state index contributed by atoms with van der Waals surface area (Å²) in [6.07, 6.45) is 2.10. The fourth-order valence-electron chi connectivity index (χ4n) is 3.19. The van der Waals surface area contributed by atoms with E-state index in [-0.39, 0.29) is 24.0 Å². The van der Waals surface area contributed by atoms with Crippen molar-refractivity contribution in [2.45, 2.75) is 53.3 Å². The van der Waals surface area contributed by atoms with Crippen LogP contribution in [-0.2, 0) is 31.5 Å². The molecule has 2 aromatic rings. The smallest absolute Gasteiger partial charge is 0.194 e. The van der Waals surface area contributed by atoms with Gasteiger partial charge in [0.05, 0.1) is 18.8 Å². The molecule has 0 bridgehead atoms. The first-order chi connectivity index (χ1) is 13.5. The number of benzene rings is 1. The van der Waals surface area contributed by atoms with E-state index < -0.39 is 0 Å². The van der Waals surface area contributed by atoms with E-state index in [9.17, 15) is 0 Å². The van der Waals surface area contributed by atoms with Gasteiger partial charge in [-0.25, -0.2) is 4.99 Å². The minimum atomic E-state index is 0. The van der Waals surface area contributed by atoms with E-state index in [1.54, 1.807) is 0 Å². The van der Waals surface area contributed by atoms with Crippen LogP contribution in [0.15, 0.2) is 35.5 Å². The summed E-state index contributed by atoms with van der Waals surface area (Å²) in [6, 6.07) is 8.34. The number of nitrogens with zero attached hydrogens (tertiary/aromatic N) is 4. The van der Waals surface area contributed by atoms with Crippen LogP contribution in [0.5, 0.6) is 0 Å². The van der Waals surface area contributed by atoms with Gasteiger partial charge in [0.15, 0.2) is 5.96 Å². The van der Waals surface area contributed by atoms with Crippen LogP contribution in [0.25, 0.3) is 0 Å². The zero-order chi connectivity index (χ0) is 20.5. The SMILES string of the molecule is CCNC(=NCc1ccccc1COCC)N(C)Cc1cn(C)nc1C(C)C.I. The number of hydrogen-bond acceptors (Lipinski definition) is 3. The van der Waals surface area contributed by atoms with Crippen molar-refractivity contribution in [3.05, 3.63) is 52.8 Å². The van der Waals surface area contributed by atoms with Crippen molar-refractivity contribution in [1.82, 2.24) is 20.0 Å². The van der Waals surface area contributed by atoms with E-state index in [0.29, 0.717) is 25.7 Å². The van der Waals surface area contributed by atoms with Gasteiger partial charge in [-0.15, -0.1) is 24.0 Å². The summed E-state index contributed by atoms with van der Waals surface area (Å²) >= 11 is 0. The van der Waals surface area contributed by atoms with Gasteiger partial charge >= 0.3 is 0 Å². The summed E-state index contributed by atoms with van der Waals surface area (Å²) in [5.41, 5.74) is 4.78. The molecule has 0 fully saturated rings. The fraction of sp³-hybridized carbons (Fsp3) is 0.545. The minimum Gasteiger partial charge on any atom is -0.377 e. The van der Waals surface area contributed by atoms with Crippen LogP contribution in [0.1, 0.15) is 56.0 Å². The first-order valence-corrected chi connectivity index (χ1v) is 10.1. The molecule has 1 N–H and O–H groups in total. The van der Waals surface area contributed by atoms with Gasteiger partial charge in [0, 0.05) is 45.6 Å². The first kappa shape index (κ1) is 25.4. The molecule has 0 aliphatic carbocycles. The second-order valence-corrected chi connectivity index (χ2v) is 7.30. The lowest BCUT2D eigenvalue weighted by molar-refractivity contribution is 0.133. The maximum absolute atomic E-state index is 5.60. The number of aliphatic imine (C=N–C) groups is 1. The molecule has 0 aliphatic rings. The maximum Gasteiger partial charge on any atom is 0.194 e. The van der Waals surface area contributed by atoms with Gasteiger partial charge in [-0.2, -0.15) is 5.10 Å². The Bertz CT molecular complexity index is 772. The lowest BCUT2D eigenvalue weighted by Crippen LogP contribution is -2.38. The molecule has 0 saturated heterocycles. The molecule has 0 aliphatic heterocycles. The summed E-state index contributed by atoms with van der Waals surface area (Å²) in [5.74, 6) is 1.29. The van der Waals surface area contributed by atoms with Crippen LogP contribution in [0.4, 0.5) is 0 Å². The largest absolute Gasteiger partial charge is 0.377 e. The molecule has 1 heterocycles. The Kier molecular flexibility index (Phi) is 11.3. The van der Waals surface area contributed by atoms with Gasteiger partial charge in [0.1, 0.15) is 0 Å². The van der Waals surface area contributed by atoms with Crippen LogP contribution in [-0.4, -0.2) is 40.8 Å². The van der Waals surface area contributed by atoms with Gasteiger partial charge < -0.3 is 15.0 Å². The molecule has 2 rings (SSSR count). The Morgan fingerprint density at radius 1 is 1.21 bits per heavy atom. The van der Waals surface area contributed by atoms with E-state index in [0.717, 1.165) is 24.7 Å². The zero-order valence-electron chi connectivity index (χ0n) is 18.6. The van der Waals surface area contributed by atoms with Gasteiger partial charge in [0.2, 0.25) is 0 Å². The Morgan fingerprint density at radius 2 is 1.90 bits per heavy atom. The average molecular weight is 513 g/mol. The second-order valence-electron chi connectivity index (χ2n) is 7.30. The molecule has 1 aromatic heterocycles. The van der Waals surface area contributed by atoms with Crippen molar-refractivity contribution in [2.24, 2.45) is 12.0 Å². The van der Waals surface area contributed by atoms with E-state index in [1.165, 1.54) is 16.7 Å². The quantitative estimate of drug-likeness (QED) is 0.309. The molecule has 7 heteroatoms. The molecule has 162 valence electrons. The van der Waals surface area contributed by atoms with Crippen molar-refractivity contribution in [2.75, 3.05) is 20.2 Å². The summed E-state index contributed by atoms with van der Waals surface area (Å²) in [6.45, 7) is 12.0. The highest BCUT2D eigenvalue weighted by Gasteiger charge is 2.15. The lowest BCUT2D eigenvalue weighted by atomic mass is 10.1. The third-order valence-corrected chi connectivity index (χ3v) is 4.57. The lowest BCUT2D eigenvalue weighted by Gasteiger charge is -2.22. The molecular formula is C22H36IN5O. The predicted molar refractivity (Wildman–Crippen MR) is 131 cm³/mol. The van der Waals surface area contributed by atoms with E-state index in [4.69, 9.17) is 9.73 Å². The van der Waals surface area contributed by atoms with Crippen molar-refractivity contribution < 1.29 is 4.74 Å². The van der Waals surface area contributed by atoms with Crippen molar-refractivity contribution in [1.29, 1.82) is 0 Å². The Labute approximate surface area is 192 Å². The summed E-state index contributed by atoms with van der Waals surface area (Å²) in [7, 11) is 4.05. The number of rotatable bonds is 9. The normalized spacial score (nSPS) is 11.5. The molecule has 0 unspecified atom stereocenters. The minimum absolute atomic E-state index is 0. The van der Waals surface area contributed by atoms with Crippen LogP contribution in [0.2, 0.25) is 0 Å². The molecule has 0 saturated carbocycles. The number of hydrogen-bond donors (Lipinski definition) is 1. The van der Waals surface area contributed by atoms with Crippen molar-refractivity contribution in [3.8, 4) is 0 Å². The second kappa shape index (κ2) is 12.8. The van der Waals surface area contributed by atoms with E-state index in [1.807, 2.05) is 18.7 Å². The topological polar surface area (TPSA) is 54.7 Å². The number of halogens is 1. The Balaban J connectivity index is 0.00000420. The first-order valence-electron chi connectivity index (χ1n) is 10.1. The number of nitrogens with one attached hydrogen (secondary N) is 1. The monoisotopic (exact) mass is 513 g/mol. The fourth-order valence-corrected chi connectivity index (χ4v) is 3.19. The standard InChI is InChI=1S/C22H35N5O.HI/c1-7-23-22(24-13-18-11-9-10-12-19(18)16-28-8-2)26(5)14-20-15-27(6)25-21(20)17(3)4;/h9-12,15,17H,7-8,13-14,16H2,1-6H3,(H,23,24);1H. The third kappa shape index (κ3) is 7.62. The van der Waals surface area contributed by atoms with Gasteiger partial charge in [0.25, 0.3) is 0 Å². The van der Waals surface area contributed by atoms with Crippen LogP contribution >= 0.6 is 24.0 Å². The highest BCUT2D eigenvalue weighted by atomic mass is 127. The van der Waals surface area contributed by atoms with Crippen molar-refractivity contribution in [3.63, 3.8) is 0 Å². The summed E-state index contributed by atoms with van der Waals surface area (Å²) < 4.78 is 7.49. The number of guanidine groups is 1. The van der Waals surface area contributed by atoms with E-state index in [2.05, 4.69) is 73.6 Å². The van der Waals surface area contributed by atoms with Crippen LogP contribution in [0, 0.1) is 0 Å². The van der Waals surface area contributed by atoms with Gasteiger partial charge in [-0.3, -0.25) is 4.68 Å². The predicted octanol–water partition coefficient (Wildman–Crippen LogP) is 4.30.